The molecule has 1 saturated carbocycles. The monoisotopic (exact) mass is 289 g/mol. The van der Waals surface area contributed by atoms with Gasteiger partial charge in [-0.15, -0.1) is 0 Å². The SMILES string of the molecule is O=C(/C=C/c1ccc2c(c1)OCO2)N(CCO)C1CCC1. The lowest BCUT2D eigenvalue weighted by molar-refractivity contribution is -0.130. The summed E-state index contributed by atoms with van der Waals surface area (Å²) in [4.78, 5) is 14.0. The van der Waals surface area contributed by atoms with Crippen molar-refractivity contribution in [1.82, 2.24) is 4.90 Å². The summed E-state index contributed by atoms with van der Waals surface area (Å²) >= 11 is 0. The molecule has 2 aliphatic rings. The molecule has 1 N–H and O–H groups in total. The topological polar surface area (TPSA) is 59.0 Å². The molecule has 0 atom stereocenters. The van der Waals surface area contributed by atoms with E-state index in [-0.39, 0.29) is 25.3 Å². The molecule has 5 nitrogen and oxygen atoms in total. The van der Waals surface area contributed by atoms with Gasteiger partial charge in [-0.1, -0.05) is 6.07 Å². The second-order valence-electron chi connectivity index (χ2n) is 5.29. The van der Waals surface area contributed by atoms with Crippen molar-refractivity contribution in [1.29, 1.82) is 0 Å². The molecule has 1 amide bonds. The third-order valence-corrected chi connectivity index (χ3v) is 3.95. The lowest BCUT2D eigenvalue weighted by Crippen LogP contribution is -2.44. The summed E-state index contributed by atoms with van der Waals surface area (Å²) in [7, 11) is 0. The van der Waals surface area contributed by atoms with Crippen molar-refractivity contribution >= 4 is 12.0 Å². The van der Waals surface area contributed by atoms with Crippen molar-refractivity contribution in [2.45, 2.75) is 25.3 Å². The Bertz CT molecular complexity index is 551. The van der Waals surface area contributed by atoms with E-state index in [9.17, 15) is 4.79 Å². The summed E-state index contributed by atoms with van der Waals surface area (Å²) < 4.78 is 10.6. The van der Waals surface area contributed by atoms with Gasteiger partial charge in [-0.3, -0.25) is 4.79 Å². The van der Waals surface area contributed by atoms with Crippen molar-refractivity contribution in [3.63, 3.8) is 0 Å². The van der Waals surface area contributed by atoms with Crippen LogP contribution in [0, 0.1) is 0 Å². The number of hydrogen-bond donors (Lipinski definition) is 1. The molecule has 0 saturated heterocycles. The minimum absolute atomic E-state index is 0.000103. The van der Waals surface area contributed by atoms with Crippen LogP contribution >= 0.6 is 0 Å². The lowest BCUT2D eigenvalue weighted by atomic mass is 9.91. The van der Waals surface area contributed by atoms with Gasteiger partial charge in [-0.05, 0) is 43.0 Å². The Morgan fingerprint density at radius 3 is 2.86 bits per heavy atom. The molecule has 1 aromatic carbocycles. The summed E-state index contributed by atoms with van der Waals surface area (Å²) in [5.41, 5.74) is 0.894. The van der Waals surface area contributed by atoms with E-state index >= 15 is 0 Å². The van der Waals surface area contributed by atoms with Gasteiger partial charge in [0.25, 0.3) is 0 Å². The molecule has 0 aromatic heterocycles. The first-order valence-electron chi connectivity index (χ1n) is 7.27. The summed E-state index contributed by atoms with van der Waals surface area (Å²) in [5, 5.41) is 9.10. The molecule has 0 bridgehead atoms. The van der Waals surface area contributed by atoms with Crippen LogP contribution in [0.3, 0.4) is 0 Å². The maximum atomic E-state index is 12.2. The zero-order chi connectivity index (χ0) is 14.7. The van der Waals surface area contributed by atoms with Gasteiger partial charge in [-0.25, -0.2) is 0 Å². The Hall–Kier alpha value is -2.01. The van der Waals surface area contributed by atoms with Gasteiger partial charge in [0, 0.05) is 18.7 Å². The number of benzene rings is 1. The molecule has 112 valence electrons. The number of amides is 1. The van der Waals surface area contributed by atoms with Gasteiger partial charge in [0.05, 0.1) is 6.61 Å². The Morgan fingerprint density at radius 2 is 2.14 bits per heavy atom. The van der Waals surface area contributed by atoms with E-state index in [1.54, 1.807) is 17.1 Å². The fourth-order valence-electron chi connectivity index (χ4n) is 2.56. The number of aliphatic hydroxyl groups excluding tert-OH is 1. The molecule has 1 aliphatic carbocycles. The predicted octanol–water partition coefficient (Wildman–Crippen LogP) is 1.80. The van der Waals surface area contributed by atoms with E-state index in [1.807, 2.05) is 18.2 Å². The molecule has 3 rings (SSSR count). The van der Waals surface area contributed by atoms with E-state index in [0.717, 1.165) is 30.6 Å². The van der Waals surface area contributed by atoms with Gasteiger partial charge in [0.1, 0.15) is 0 Å². The Kier molecular flexibility index (Phi) is 4.10. The number of carbonyl (C=O) groups is 1. The van der Waals surface area contributed by atoms with Crippen molar-refractivity contribution in [3.8, 4) is 11.5 Å². The van der Waals surface area contributed by atoms with Crippen LogP contribution < -0.4 is 9.47 Å². The highest BCUT2D eigenvalue weighted by Gasteiger charge is 2.27. The molecular weight excluding hydrogens is 270 g/mol. The van der Waals surface area contributed by atoms with Gasteiger partial charge in [0.2, 0.25) is 12.7 Å². The molecule has 21 heavy (non-hydrogen) atoms. The van der Waals surface area contributed by atoms with E-state index in [0.29, 0.717) is 12.3 Å². The van der Waals surface area contributed by atoms with E-state index < -0.39 is 0 Å². The molecule has 0 spiro atoms. The quantitative estimate of drug-likeness (QED) is 0.840. The number of aliphatic hydroxyl groups is 1. The van der Waals surface area contributed by atoms with Crippen LogP contribution in [0.5, 0.6) is 11.5 Å². The average Bonchev–Trinajstić information content (AvgIpc) is 2.89. The van der Waals surface area contributed by atoms with E-state index in [2.05, 4.69) is 0 Å². The fraction of sp³-hybridized carbons (Fsp3) is 0.438. The average molecular weight is 289 g/mol. The second kappa shape index (κ2) is 6.18. The molecule has 0 radical (unpaired) electrons. The Labute approximate surface area is 123 Å². The number of fused-ring (bicyclic) bond motifs is 1. The third-order valence-electron chi connectivity index (χ3n) is 3.95. The lowest BCUT2D eigenvalue weighted by Gasteiger charge is -2.36. The smallest absolute Gasteiger partial charge is 0.246 e. The number of rotatable bonds is 5. The van der Waals surface area contributed by atoms with Gasteiger partial charge in [-0.2, -0.15) is 0 Å². The highest BCUT2D eigenvalue weighted by Crippen LogP contribution is 2.32. The van der Waals surface area contributed by atoms with Gasteiger partial charge < -0.3 is 19.5 Å². The highest BCUT2D eigenvalue weighted by molar-refractivity contribution is 5.92. The van der Waals surface area contributed by atoms with E-state index in [1.165, 1.54) is 0 Å². The van der Waals surface area contributed by atoms with Gasteiger partial charge >= 0.3 is 0 Å². The van der Waals surface area contributed by atoms with Crippen LogP contribution in [-0.4, -0.2) is 41.9 Å². The molecule has 1 aromatic rings. The highest BCUT2D eigenvalue weighted by atomic mass is 16.7. The Balaban J connectivity index is 1.67. The second-order valence-corrected chi connectivity index (χ2v) is 5.29. The number of carbonyl (C=O) groups excluding carboxylic acids is 1. The minimum Gasteiger partial charge on any atom is -0.454 e. The molecule has 5 heteroatoms. The van der Waals surface area contributed by atoms with Crippen LogP contribution in [0.1, 0.15) is 24.8 Å². The van der Waals surface area contributed by atoms with Crippen molar-refractivity contribution in [2.75, 3.05) is 19.9 Å². The Morgan fingerprint density at radius 1 is 1.33 bits per heavy atom. The molecule has 1 heterocycles. The van der Waals surface area contributed by atoms with Gasteiger partial charge in [0.15, 0.2) is 11.5 Å². The van der Waals surface area contributed by atoms with Crippen molar-refractivity contribution in [3.05, 3.63) is 29.8 Å². The summed E-state index contributed by atoms with van der Waals surface area (Å²) in [6, 6.07) is 5.86. The zero-order valence-corrected chi connectivity index (χ0v) is 11.8. The standard InChI is InChI=1S/C16H19NO4/c18-9-8-17(13-2-1-3-13)16(19)7-5-12-4-6-14-15(10-12)21-11-20-14/h4-7,10,13,18H,1-3,8-9,11H2/b7-5+. The first kappa shape index (κ1) is 13.9. The maximum absolute atomic E-state index is 12.2. The van der Waals surface area contributed by atoms with Crippen molar-refractivity contribution < 1.29 is 19.4 Å². The summed E-state index contributed by atoms with van der Waals surface area (Å²) in [6.45, 7) is 0.641. The van der Waals surface area contributed by atoms with Crippen molar-refractivity contribution in [2.24, 2.45) is 0 Å². The van der Waals surface area contributed by atoms with Crippen LogP contribution in [-0.2, 0) is 4.79 Å². The zero-order valence-electron chi connectivity index (χ0n) is 11.8. The van der Waals surface area contributed by atoms with E-state index in [4.69, 9.17) is 14.6 Å². The molecular formula is C16H19NO4. The van der Waals surface area contributed by atoms with Crippen LogP contribution in [0.15, 0.2) is 24.3 Å². The summed E-state index contributed by atoms with van der Waals surface area (Å²) in [6.07, 6.45) is 6.55. The number of hydrogen-bond acceptors (Lipinski definition) is 4. The normalized spacial score (nSPS) is 17.0. The number of nitrogens with zero attached hydrogens (tertiary/aromatic N) is 1. The molecule has 1 aliphatic heterocycles. The predicted molar refractivity (Wildman–Crippen MR) is 78.0 cm³/mol. The van der Waals surface area contributed by atoms with Crippen LogP contribution in [0.4, 0.5) is 0 Å². The van der Waals surface area contributed by atoms with Crippen LogP contribution in [0.2, 0.25) is 0 Å². The summed E-state index contributed by atoms with van der Waals surface area (Å²) in [5.74, 6) is 1.39. The number of ether oxygens (including phenoxy) is 2. The fourth-order valence-corrected chi connectivity index (χ4v) is 2.56. The first-order valence-corrected chi connectivity index (χ1v) is 7.27. The third kappa shape index (κ3) is 3.03. The largest absolute Gasteiger partial charge is 0.454 e. The van der Waals surface area contributed by atoms with Crippen LogP contribution in [0.25, 0.3) is 6.08 Å². The maximum Gasteiger partial charge on any atom is 0.246 e. The molecule has 1 fully saturated rings. The first-order chi connectivity index (χ1) is 10.3. The minimum atomic E-state index is -0.0496. The molecule has 0 unspecified atom stereocenters.